The van der Waals surface area contributed by atoms with Crippen molar-refractivity contribution in [2.75, 3.05) is 19.0 Å². The van der Waals surface area contributed by atoms with Crippen LogP contribution in [0.3, 0.4) is 0 Å². The summed E-state index contributed by atoms with van der Waals surface area (Å²) in [4.78, 5) is 22.8. The second-order valence-corrected chi connectivity index (χ2v) is 6.78. The van der Waals surface area contributed by atoms with Crippen molar-refractivity contribution >= 4 is 28.9 Å². The lowest BCUT2D eigenvalue weighted by Gasteiger charge is -2.33. The molecule has 2 aromatic carbocycles. The summed E-state index contributed by atoms with van der Waals surface area (Å²) < 4.78 is 5.15. The molecule has 0 heterocycles. The Balaban J connectivity index is 2.11. The van der Waals surface area contributed by atoms with E-state index in [1.54, 1.807) is 0 Å². The van der Waals surface area contributed by atoms with Gasteiger partial charge < -0.3 is 10.1 Å². The molecular formula is C20H24ClN3O4. The number of halogens is 1. The van der Waals surface area contributed by atoms with Gasteiger partial charge in [-0.05, 0) is 36.6 Å². The molecule has 2 N–H and O–H groups in total. The van der Waals surface area contributed by atoms with E-state index in [4.69, 9.17) is 16.3 Å². The van der Waals surface area contributed by atoms with Crippen LogP contribution in [0.1, 0.15) is 32.3 Å². The van der Waals surface area contributed by atoms with Crippen molar-refractivity contribution in [2.24, 2.45) is 0 Å². The van der Waals surface area contributed by atoms with Gasteiger partial charge in [-0.25, -0.2) is 0 Å². The average molecular weight is 406 g/mol. The Morgan fingerprint density at radius 3 is 2.36 bits per heavy atom. The van der Waals surface area contributed by atoms with E-state index < -0.39 is 4.92 Å². The number of nitro groups is 1. The maximum Gasteiger partial charge on any atom is 0.273 e. The number of hydrogen-bond acceptors (Lipinski definition) is 5. The van der Waals surface area contributed by atoms with Crippen LogP contribution in [0.5, 0.6) is 5.75 Å². The number of non-ortho nitro benzene ring substituents is 1. The Labute approximate surface area is 169 Å². The molecule has 0 saturated heterocycles. The first-order chi connectivity index (χ1) is 13.3. The Kier molecular flexibility index (Phi) is 7.37. The number of nitrogens with one attached hydrogen (secondary N) is 2. The third kappa shape index (κ3) is 4.99. The molecule has 0 atom stereocenters. The second kappa shape index (κ2) is 9.52. The van der Waals surface area contributed by atoms with Crippen LogP contribution in [0.25, 0.3) is 0 Å². The van der Waals surface area contributed by atoms with E-state index in [-0.39, 0.29) is 29.4 Å². The molecule has 0 radical (unpaired) electrons. The lowest BCUT2D eigenvalue weighted by molar-refractivity contribution is -0.384. The van der Waals surface area contributed by atoms with Gasteiger partial charge in [0.15, 0.2) is 0 Å². The fraction of sp³-hybridized carbons (Fsp3) is 0.350. The molecule has 0 aliphatic heterocycles. The van der Waals surface area contributed by atoms with Gasteiger partial charge in [0.2, 0.25) is 5.91 Å². The number of carbonyl (C=O) groups excluding carboxylic acids is 1. The van der Waals surface area contributed by atoms with Crippen molar-refractivity contribution in [3.05, 3.63) is 63.2 Å². The predicted molar refractivity (Wildman–Crippen MR) is 110 cm³/mol. The second-order valence-electron chi connectivity index (χ2n) is 6.34. The molecule has 8 heteroatoms. The number of benzene rings is 2. The lowest BCUT2D eigenvalue weighted by Crippen LogP contribution is -2.45. The predicted octanol–water partition coefficient (Wildman–Crippen LogP) is 4.50. The fourth-order valence-corrected chi connectivity index (χ4v) is 3.25. The molecule has 150 valence electrons. The first-order valence-electron chi connectivity index (χ1n) is 8.98. The lowest BCUT2D eigenvalue weighted by atomic mass is 9.84. The summed E-state index contributed by atoms with van der Waals surface area (Å²) in [6.45, 7) is 4.19. The van der Waals surface area contributed by atoms with Crippen LogP contribution in [-0.2, 0) is 10.3 Å². The largest absolute Gasteiger partial charge is 0.494 e. The molecule has 2 aromatic rings. The standard InChI is InChI=1S/C20H24ClN3O4/c1-4-20(5-2,14-6-8-15(21)9-7-14)22-13-19(25)23-17-11-10-16(24(26)27)12-18(17)28-3/h6-12,22H,4-5,13H2,1-3H3,(H,23,25). The van der Waals surface area contributed by atoms with E-state index >= 15 is 0 Å². The zero-order valence-electron chi connectivity index (χ0n) is 16.1. The molecule has 0 unspecified atom stereocenters. The molecular weight excluding hydrogens is 382 g/mol. The number of anilines is 1. The van der Waals surface area contributed by atoms with E-state index in [9.17, 15) is 14.9 Å². The van der Waals surface area contributed by atoms with E-state index in [0.717, 1.165) is 18.4 Å². The van der Waals surface area contributed by atoms with Crippen molar-refractivity contribution in [1.82, 2.24) is 5.32 Å². The molecule has 0 saturated carbocycles. The number of amides is 1. The monoisotopic (exact) mass is 405 g/mol. The van der Waals surface area contributed by atoms with Gasteiger partial charge in [-0.15, -0.1) is 0 Å². The summed E-state index contributed by atoms with van der Waals surface area (Å²) in [5.41, 5.74) is 0.973. The smallest absolute Gasteiger partial charge is 0.273 e. The van der Waals surface area contributed by atoms with E-state index in [1.807, 2.05) is 24.3 Å². The fourth-order valence-electron chi connectivity index (χ4n) is 3.12. The van der Waals surface area contributed by atoms with Gasteiger partial charge in [0.1, 0.15) is 5.75 Å². The minimum Gasteiger partial charge on any atom is -0.494 e. The minimum absolute atomic E-state index is 0.0739. The Hall–Kier alpha value is -2.64. The molecule has 0 fully saturated rings. The van der Waals surface area contributed by atoms with Crippen molar-refractivity contribution in [2.45, 2.75) is 32.2 Å². The zero-order chi connectivity index (χ0) is 20.7. The Morgan fingerprint density at radius 2 is 1.82 bits per heavy atom. The maximum atomic E-state index is 12.5. The molecule has 7 nitrogen and oxygen atoms in total. The zero-order valence-corrected chi connectivity index (χ0v) is 16.9. The quantitative estimate of drug-likeness (QED) is 0.473. The summed E-state index contributed by atoms with van der Waals surface area (Å²) >= 11 is 5.99. The summed E-state index contributed by atoms with van der Waals surface area (Å²) in [6, 6.07) is 11.6. The minimum atomic E-state index is -0.515. The molecule has 0 aromatic heterocycles. The summed E-state index contributed by atoms with van der Waals surface area (Å²) in [5.74, 6) is -0.0371. The van der Waals surface area contributed by atoms with Gasteiger partial charge in [-0.2, -0.15) is 0 Å². The highest BCUT2D eigenvalue weighted by Gasteiger charge is 2.28. The molecule has 0 bridgehead atoms. The summed E-state index contributed by atoms with van der Waals surface area (Å²) in [6.07, 6.45) is 1.58. The van der Waals surface area contributed by atoms with Crippen LogP contribution in [0, 0.1) is 10.1 Å². The van der Waals surface area contributed by atoms with Crippen LogP contribution in [0.4, 0.5) is 11.4 Å². The van der Waals surface area contributed by atoms with Crippen LogP contribution >= 0.6 is 11.6 Å². The number of ether oxygens (including phenoxy) is 1. The van der Waals surface area contributed by atoms with Gasteiger partial charge in [0.25, 0.3) is 5.69 Å². The highest BCUT2D eigenvalue weighted by Crippen LogP contribution is 2.31. The van der Waals surface area contributed by atoms with Gasteiger partial charge in [0, 0.05) is 16.6 Å². The molecule has 0 spiro atoms. The summed E-state index contributed by atoms with van der Waals surface area (Å²) in [5, 5.41) is 17.6. The molecule has 28 heavy (non-hydrogen) atoms. The molecule has 2 rings (SSSR count). The highest BCUT2D eigenvalue weighted by molar-refractivity contribution is 6.30. The van der Waals surface area contributed by atoms with Crippen LogP contribution in [0.2, 0.25) is 5.02 Å². The highest BCUT2D eigenvalue weighted by atomic mass is 35.5. The number of nitro benzene ring substituents is 1. The number of nitrogens with zero attached hydrogens (tertiary/aromatic N) is 1. The van der Waals surface area contributed by atoms with Crippen molar-refractivity contribution in [1.29, 1.82) is 0 Å². The molecule has 0 aliphatic rings. The normalized spacial score (nSPS) is 11.1. The topological polar surface area (TPSA) is 93.5 Å². The third-order valence-corrected chi connectivity index (χ3v) is 5.11. The number of carbonyl (C=O) groups is 1. The summed E-state index contributed by atoms with van der Waals surface area (Å²) in [7, 11) is 1.40. The SMILES string of the molecule is CCC(CC)(NCC(=O)Nc1ccc([N+](=O)[O-])cc1OC)c1ccc(Cl)cc1. The first-order valence-corrected chi connectivity index (χ1v) is 9.36. The Bertz CT molecular complexity index is 836. The third-order valence-electron chi connectivity index (χ3n) is 4.86. The van der Waals surface area contributed by atoms with Crippen LogP contribution < -0.4 is 15.4 Å². The van der Waals surface area contributed by atoms with E-state index in [1.165, 1.54) is 25.3 Å². The maximum absolute atomic E-state index is 12.5. The van der Waals surface area contributed by atoms with Crippen molar-refractivity contribution in [3.63, 3.8) is 0 Å². The van der Waals surface area contributed by atoms with Gasteiger partial charge in [0.05, 0.1) is 30.3 Å². The van der Waals surface area contributed by atoms with Gasteiger partial charge in [-0.3, -0.25) is 20.2 Å². The molecule has 1 amide bonds. The van der Waals surface area contributed by atoms with Crippen LogP contribution in [0.15, 0.2) is 42.5 Å². The number of methoxy groups -OCH3 is 1. The van der Waals surface area contributed by atoms with Gasteiger partial charge >= 0.3 is 0 Å². The molecule has 0 aliphatic carbocycles. The van der Waals surface area contributed by atoms with Gasteiger partial charge in [-0.1, -0.05) is 37.6 Å². The van der Waals surface area contributed by atoms with E-state index in [2.05, 4.69) is 24.5 Å². The Morgan fingerprint density at radius 1 is 1.18 bits per heavy atom. The number of hydrogen-bond donors (Lipinski definition) is 2. The van der Waals surface area contributed by atoms with Crippen LogP contribution in [-0.4, -0.2) is 24.5 Å². The number of rotatable bonds is 9. The van der Waals surface area contributed by atoms with E-state index in [0.29, 0.717) is 10.7 Å². The average Bonchev–Trinajstić information content (AvgIpc) is 2.70. The first kappa shape index (κ1) is 21.7. The van der Waals surface area contributed by atoms with Crippen molar-refractivity contribution < 1.29 is 14.5 Å². The van der Waals surface area contributed by atoms with Crippen molar-refractivity contribution in [3.8, 4) is 5.75 Å².